The summed E-state index contributed by atoms with van der Waals surface area (Å²) in [4.78, 5) is 57.7. The van der Waals surface area contributed by atoms with Crippen LogP contribution >= 0.6 is 0 Å². The van der Waals surface area contributed by atoms with E-state index >= 15 is 0 Å². The van der Waals surface area contributed by atoms with Gasteiger partial charge < -0.3 is 0 Å². The molecule has 2 amide bonds. The van der Waals surface area contributed by atoms with E-state index in [0.29, 0.717) is 22.3 Å². The van der Waals surface area contributed by atoms with E-state index in [1.807, 2.05) is 12.1 Å². The summed E-state index contributed by atoms with van der Waals surface area (Å²) in [6.07, 6.45) is 2.92. The molecule has 0 atom stereocenters. The number of carbonyl (C=O) groups excluding carboxylic acids is 2. The predicted molar refractivity (Wildman–Crippen MR) is 173 cm³/mol. The molecule has 0 saturated heterocycles. The van der Waals surface area contributed by atoms with Gasteiger partial charge in [-0.3, -0.25) is 29.8 Å². The van der Waals surface area contributed by atoms with Crippen LogP contribution in [0.2, 0.25) is 0 Å². The fraction of sp³-hybridized carbons (Fsp3) is 0.0303. The van der Waals surface area contributed by atoms with Crippen LogP contribution in [0, 0.1) is 20.2 Å². The van der Waals surface area contributed by atoms with Crippen molar-refractivity contribution >= 4 is 47.0 Å². The smallest absolute Gasteiger partial charge is 0.265 e. The minimum absolute atomic E-state index is 0.0443. The monoisotopic (exact) mass is 628 g/mol. The minimum atomic E-state index is -0.520. The highest BCUT2D eigenvalue weighted by atomic mass is 16.6. The van der Waals surface area contributed by atoms with Crippen molar-refractivity contribution in [3.8, 4) is 0 Å². The van der Waals surface area contributed by atoms with Crippen molar-refractivity contribution in [3.63, 3.8) is 0 Å². The maximum Gasteiger partial charge on any atom is 0.292 e. The Balaban J connectivity index is 1.26. The van der Waals surface area contributed by atoms with Gasteiger partial charge in [0.2, 0.25) is 0 Å². The van der Waals surface area contributed by atoms with Gasteiger partial charge in [-0.2, -0.15) is 0 Å². The fourth-order valence-electron chi connectivity index (χ4n) is 4.85. The average Bonchev–Trinajstić information content (AvgIpc) is 3.57. The van der Waals surface area contributed by atoms with Crippen molar-refractivity contribution in [1.29, 1.82) is 0 Å². The van der Waals surface area contributed by atoms with Gasteiger partial charge in [-0.25, -0.2) is 30.9 Å². The summed E-state index contributed by atoms with van der Waals surface area (Å²) in [6.45, 7) is -0.136. The molecule has 2 aliphatic heterocycles. The topological polar surface area (TPSA) is 176 Å². The zero-order valence-electron chi connectivity index (χ0n) is 24.4. The number of carbonyl (C=O) groups is 2. The number of non-ortho nitro benzene ring substituents is 2. The van der Waals surface area contributed by atoms with Crippen molar-refractivity contribution in [3.05, 3.63) is 163 Å². The van der Waals surface area contributed by atoms with Crippen LogP contribution in [0.1, 0.15) is 22.3 Å². The molecule has 2 aliphatic rings. The third kappa shape index (κ3) is 6.58. The molecule has 2 heterocycles. The molecule has 0 radical (unpaired) electrons. The van der Waals surface area contributed by atoms with Crippen LogP contribution < -0.4 is 10.9 Å². The van der Waals surface area contributed by atoms with Crippen LogP contribution in [-0.2, 0) is 9.59 Å². The van der Waals surface area contributed by atoms with Crippen molar-refractivity contribution in [1.82, 2.24) is 20.9 Å². The Labute approximate surface area is 266 Å². The van der Waals surface area contributed by atoms with Crippen molar-refractivity contribution in [2.45, 2.75) is 0 Å². The average molecular weight is 629 g/mol. The number of benzene rings is 4. The first kappa shape index (κ1) is 30.4. The van der Waals surface area contributed by atoms with E-state index in [1.54, 1.807) is 60.7 Å². The highest BCUT2D eigenvalue weighted by Gasteiger charge is 2.34. The first-order chi connectivity index (χ1) is 22.8. The number of hydrogen-bond acceptors (Lipinski definition) is 10. The van der Waals surface area contributed by atoms with Gasteiger partial charge in [-0.15, -0.1) is 0 Å². The molecular formula is C33H24N8O6. The highest BCUT2D eigenvalue weighted by molar-refractivity contribution is 6.20. The Morgan fingerprint density at radius 2 is 1.00 bits per heavy atom. The summed E-state index contributed by atoms with van der Waals surface area (Å²) in [5.41, 5.74) is 7.90. The first-order valence-corrected chi connectivity index (χ1v) is 14.1. The second-order valence-electron chi connectivity index (χ2n) is 10.1. The van der Waals surface area contributed by atoms with Crippen LogP contribution in [0.25, 0.3) is 12.2 Å². The maximum atomic E-state index is 13.6. The number of nitro benzene ring substituents is 2. The molecule has 0 fully saturated rings. The Morgan fingerprint density at radius 3 is 1.38 bits per heavy atom. The number of nitrogens with one attached hydrogen (secondary N) is 2. The number of amidine groups is 2. The lowest BCUT2D eigenvalue weighted by molar-refractivity contribution is -0.385. The molecule has 0 saturated carbocycles. The Bertz CT molecular complexity index is 1880. The van der Waals surface area contributed by atoms with Gasteiger partial charge in [0.05, 0.1) is 16.5 Å². The molecule has 0 aromatic heterocycles. The molecule has 4 aromatic carbocycles. The van der Waals surface area contributed by atoms with Gasteiger partial charge in [0, 0.05) is 35.4 Å². The van der Waals surface area contributed by atoms with Crippen LogP contribution in [-0.4, -0.2) is 50.0 Å². The fourth-order valence-corrected chi connectivity index (χ4v) is 4.85. The van der Waals surface area contributed by atoms with E-state index in [2.05, 4.69) is 20.8 Å². The molecule has 14 nitrogen and oxygen atoms in total. The number of rotatable bonds is 10. The van der Waals surface area contributed by atoms with Gasteiger partial charge >= 0.3 is 0 Å². The maximum absolute atomic E-state index is 13.6. The molecular weight excluding hydrogens is 604 g/mol. The largest absolute Gasteiger partial charge is 0.292 e. The lowest BCUT2D eigenvalue weighted by Gasteiger charge is -2.23. The second kappa shape index (κ2) is 13.2. The zero-order valence-corrected chi connectivity index (χ0v) is 24.4. The summed E-state index contributed by atoms with van der Waals surface area (Å²) < 4.78 is 0. The van der Waals surface area contributed by atoms with E-state index in [1.165, 1.54) is 58.6 Å². The quantitative estimate of drug-likeness (QED) is 0.112. The first-order valence-electron chi connectivity index (χ1n) is 14.1. The number of nitro groups is 2. The lowest BCUT2D eigenvalue weighted by Crippen LogP contribution is -2.53. The Hall–Kier alpha value is -6.64. The molecule has 14 heteroatoms. The molecule has 232 valence electrons. The van der Waals surface area contributed by atoms with E-state index < -0.39 is 21.7 Å². The van der Waals surface area contributed by atoms with Crippen molar-refractivity contribution in [2.24, 2.45) is 9.98 Å². The highest BCUT2D eigenvalue weighted by Crippen LogP contribution is 2.24. The zero-order chi connectivity index (χ0) is 32.9. The third-order valence-corrected chi connectivity index (χ3v) is 7.03. The molecule has 4 aromatic rings. The molecule has 0 unspecified atom stereocenters. The molecule has 0 spiro atoms. The summed E-state index contributed by atoms with van der Waals surface area (Å²) in [5.74, 6) is -0.476. The van der Waals surface area contributed by atoms with Gasteiger partial charge in [-0.1, -0.05) is 84.9 Å². The molecule has 0 bridgehead atoms. The third-order valence-electron chi connectivity index (χ3n) is 7.03. The van der Waals surface area contributed by atoms with E-state index in [-0.39, 0.29) is 41.1 Å². The SMILES string of the molecule is O=C1/C(=C/c2cccc([N+](=O)[O-])c2)N=C(c2ccccc2)N1NCNN1C(=O)/C(=C/c2cccc([N+](=O)[O-])c2)N=C1c1ccccc1. The summed E-state index contributed by atoms with van der Waals surface area (Å²) in [7, 11) is 0. The molecule has 0 aliphatic carbocycles. The van der Waals surface area contributed by atoms with Crippen LogP contribution in [0.3, 0.4) is 0 Å². The Morgan fingerprint density at radius 1 is 0.596 bits per heavy atom. The Kier molecular flexibility index (Phi) is 8.50. The van der Waals surface area contributed by atoms with Crippen LogP contribution in [0.5, 0.6) is 0 Å². The summed E-state index contributed by atoms with van der Waals surface area (Å²) in [6, 6.07) is 29.6. The van der Waals surface area contributed by atoms with Crippen LogP contribution in [0.4, 0.5) is 11.4 Å². The number of aliphatic imine (C=N–C) groups is 2. The van der Waals surface area contributed by atoms with Crippen molar-refractivity contribution < 1.29 is 19.4 Å². The number of hydrogen-bond donors (Lipinski definition) is 2. The molecule has 47 heavy (non-hydrogen) atoms. The normalized spacial score (nSPS) is 16.2. The standard InChI is InChI=1S/C33H24N8O6/c42-32-28(19-22-9-7-15-26(17-22)40(44)45)36-30(24-11-3-1-4-12-24)38(32)34-21-35-39-31(25-13-5-2-6-14-25)37-29(33(39)43)20-23-10-8-16-27(18-23)41(46)47/h1-20,34-35H,21H2/b28-19-,29-20-. The van der Waals surface area contributed by atoms with Gasteiger partial charge in [0.25, 0.3) is 23.2 Å². The number of hydrazine groups is 2. The predicted octanol–water partition coefficient (Wildman–Crippen LogP) is 4.43. The minimum Gasteiger partial charge on any atom is -0.265 e. The molecule has 2 N–H and O–H groups in total. The summed E-state index contributed by atoms with van der Waals surface area (Å²) >= 11 is 0. The number of nitrogens with zero attached hydrogens (tertiary/aromatic N) is 6. The number of amides is 2. The van der Waals surface area contributed by atoms with Crippen molar-refractivity contribution in [2.75, 3.05) is 6.67 Å². The van der Waals surface area contributed by atoms with E-state index in [4.69, 9.17) is 0 Å². The van der Waals surface area contributed by atoms with Gasteiger partial charge in [0.15, 0.2) is 11.7 Å². The van der Waals surface area contributed by atoms with Crippen LogP contribution in [0.15, 0.2) is 131 Å². The van der Waals surface area contributed by atoms with E-state index in [9.17, 15) is 29.8 Å². The van der Waals surface area contributed by atoms with E-state index in [0.717, 1.165) is 0 Å². The van der Waals surface area contributed by atoms with Gasteiger partial charge in [0.1, 0.15) is 11.4 Å². The van der Waals surface area contributed by atoms with Gasteiger partial charge in [-0.05, 0) is 23.3 Å². The second-order valence-corrected chi connectivity index (χ2v) is 10.1. The summed E-state index contributed by atoms with van der Waals surface area (Å²) in [5, 5.41) is 25.0. The lowest BCUT2D eigenvalue weighted by atomic mass is 10.1. The molecule has 6 rings (SSSR count).